The van der Waals surface area contributed by atoms with Crippen molar-refractivity contribution in [2.75, 3.05) is 13.2 Å². The van der Waals surface area contributed by atoms with Crippen LogP contribution in [0.5, 0.6) is 5.75 Å². The molecule has 1 rings (SSSR count). The number of ether oxygens (including phenoxy) is 1. The average molecular weight is 151 g/mol. The molecular formula is C9H11O2-. The molecule has 0 atom stereocenters. The summed E-state index contributed by atoms with van der Waals surface area (Å²) >= 11 is 0. The number of hydrogen-bond acceptors (Lipinski definition) is 2. The van der Waals surface area contributed by atoms with Gasteiger partial charge in [-0.15, -0.1) is 6.61 Å². The van der Waals surface area contributed by atoms with Crippen LogP contribution < -0.4 is 9.84 Å². The second-order valence-corrected chi connectivity index (χ2v) is 2.22. The lowest BCUT2D eigenvalue weighted by Gasteiger charge is -2.06. The van der Waals surface area contributed by atoms with Gasteiger partial charge < -0.3 is 9.84 Å². The van der Waals surface area contributed by atoms with E-state index in [1.807, 2.05) is 30.3 Å². The number of benzene rings is 1. The van der Waals surface area contributed by atoms with Crippen LogP contribution in [-0.2, 0) is 0 Å². The fraction of sp³-hybridized carbons (Fsp3) is 0.333. The van der Waals surface area contributed by atoms with Crippen molar-refractivity contribution < 1.29 is 9.84 Å². The zero-order chi connectivity index (χ0) is 7.94. The van der Waals surface area contributed by atoms with Gasteiger partial charge in [-0.3, -0.25) is 0 Å². The highest BCUT2D eigenvalue weighted by Gasteiger charge is 1.87. The molecular weight excluding hydrogens is 140 g/mol. The smallest absolute Gasteiger partial charge is 0.119 e. The van der Waals surface area contributed by atoms with Crippen molar-refractivity contribution in [2.24, 2.45) is 0 Å². The Balaban J connectivity index is 2.28. The maximum Gasteiger partial charge on any atom is 0.119 e. The van der Waals surface area contributed by atoms with Crippen molar-refractivity contribution in [3.63, 3.8) is 0 Å². The molecule has 0 aliphatic rings. The molecule has 2 heteroatoms. The van der Waals surface area contributed by atoms with Gasteiger partial charge in [0.2, 0.25) is 0 Å². The van der Waals surface area contributed by atoms with E-state index in [1.54, 1.807) is 0 Å². The maximum atomic E-state index is 10.0. The molecule has 11 heavy (non-hydrogen) atoms. The van der Waals surface area contributed by atoms with Crippen LogP contribution in [0.4, 0.5) is 0 Å². The van der Waals surface area contributed by atoms with Gasteiger partial charge in [0.1, 0.15) is 5.75 Å². The molecule has 0 spiro atoms. The summed E-state index contributed by atoms with van der Waals surface area (Å²) in [7, 11) is 0. The molecule has 1 aromatic rings. The minimum absolute atomic E-state index is 0.0627. The fourth-order valence-electron chi connectivity index (χ4n) is 0.766. The lowest BCUT2D eigenvalue weighted by atomic mass is 10.3. The first-order chi connectivity index (χ1) is 5.43. The summed E-state index contributed by atoms with van der Waals surface area (Å²) in [6, 6.07) is 9.51. The lowest BCUT2D eigenvalue weighted by molar-refractivity contribution is -0.368. The third-order valence-electron chi connectivity index (χ3n) is 1.30. The topological polar surface area (TPSA) is 32.3 Å². The third-order valence-corrected chi connectivity index (χ3v) is 1.30. The van der Waals surface area contributed by atoms with E-state index in [2.05, 4.69) is 0 Å². The SMILES string of the molecule is [O-]CCCOc1ccccc1. The van der Waals surface area contributed by atoms with Gasteiger partial charge in [0.05, 0.1) is 6.61 Å². The largest absolute Gasteiger partial charge is 0.854 e. The van der Waals surface area contributed by atoms with Crippen molar-refractivity contribution in [1.82, 2.24) is 0 Å². The standard InChI is InChI=1S/C9H11O2/c10-7-4-8-11-9-5-2-1-3-6-9/h1-3,5-6H,4,7-8H2/q-1. The Hall–Kier alpha value is -1.02. The first kappa shape index (κ1) is 8.08. The van der Waals surface area contributed by atoms with Crippen molar-refractivity contribution in [3.05, 3.63) is 30.3 Å². The number of para-hydroxylation sites is 1. The number of hydrogen-bond donors (Lipinski definition) is 0. The summed E-state index contributed by atoms with van der Waals surface area (Å²) in [5, 5.41) is 10.0. The van der Waals surface area contributed by atoms with Gasteiger partial charge in [-0.25, -0.2) is 0 Å². The molecule has 0 radical (unpaired) electrons. The molecule has 0 aliphatic carbocycles. The Morgan fingerprint density at radius 3 is 2.55 bits per heavy atom. The highest BCUT2D eigenvalue weighted by molar-refractivity contribution is 5.20. The predicted molar refractivity (Wildman–Crippen MR) is 41.4 cm³/mol. The quantitative estimate of drug-likeness (QED) is 0.596. The summed E-state index contributed by atoms with van der Waals surface area (Å²) in [6.07, 6.45) is 0.578. The molecule has 2 nitrogen and oxygen atoms in total. The maximum absolute atomic E-state index is 10.0. The van der Waals surface area contributed by atoms with Gasteiger partial charge in [0.15, 0.2) is 0 Å². The van der Waals surface area contributed by atoms with Gasteiger partial charge in [-0.1, -0.05) is 18.2 Å². The van der Waals surface area contributed by atoms with E-state index in [-0.39, 0.29) is 6.61 Å². The van der Waals surface area contributed by atoms with Crippen molar-refractivity contribution in [1.29, 1.82) is 0 Å². The highest BCUT2D eigenvalue weighted by atomic mass is 16.5. The average Bonchev–Trinajstić information content (AvgIpc) is 2.07. The van der Waals surface area contributed by atoms with Gasteiger partial charge >= 0.3 is 0 Å². The summed E-state index contributed by atoms with van der Waals surface area (Å²) in [4.78, 5) is 0. The van der Waals surface area contributed by atoms with Gasteiger partial charge in [-0.2, -0.15) is 0 Å². The zero-order valence-electron chi connectivity index (χ0n) is 6.32. The Bertz CT molecular complexity index is 184. The second-order valence-electron chi connectivity index (χ2n) is 2.22. The van der Waals surface area contributed by atoms with Crippen LogP contribution in [0.15, 0.2) is 30.3 Å². The van der Waals surface area contributed by atoms with E-state index in [0.717, 1.165) is 5.75 Å². The molecule has 0 fully saturated rings. The second kappa shape index (κ2) is 4.74. The van der Waals surface area contributed by atoms with E-state index in [4.69, 9.17) is 4.74 Å². The van der Waals surface area contributed by atoms with Crippen LogP contribution in [-0.4, -0.2) is 13.2 Å². The van der Waals surface area contributed by atoms with E-state index in [9.17, 15) is 5.11 Å². The Labute approximate surface area is 66.4 Å². The molecule has 0 bridgehead atoms. The summed E-state index contributed by atoms with van der Waals surface area (Å²) in [5.74, 6) is 0.834. The lowest BCUT2D eigenvalue weighted by Crippen LogP contribution is -2.10. The van der Waals surface area contributed by atoms with Gasteiger partial charge in [0, 0.05) is 0 Å². The van der Waals surface area contributed by atoms with E-state index in [0.29, 0.717) is 13.0 Å². The minimum atomic E-state index is -0.0627. The van der Waals surface area contributed by atoms with Crippen LogP contribution >= 0.6 is 0 Å². The molecule has 0 aromatic heterocycles. The number of rotatable bonds is 4. The van der Waals surface area contributed by atoms with Gasteiger partial charge in [-0.05, 0) is 18.6 Å². The summed E-state index contributed by atoms with van der Waals surface area (Å²) < 4.78 is 5.25. The summed E-state index contributed by atoms with van der Waals surface area (Å²) in [6.45, 7) is 0.459. The fourth-order valence-corrected chi connectivity index (χ4v) is 0.766. The van der Waals surface area contributed by atoms with Crippen molar-refractivity contribution in [2.45, 2.75) is 6.42 Å². The normalized spacial score (nSPS) is 9.55. The van der Waals surface area contributed by atoms with Crippen LogP contribution in [0.2, 0.25) is 0 Å². The minimum Gasteiger partial charge on any atom is -0.854 e. The summed E-state index contributed by atoms with van der Waals surface area (Å²) in [5.41, 5.74) is 0. The zero-order valence-corrected chi connectivity index (χ0v) is 6.32. The molecule has 0 N–H and O–H groups in total. The van der Waals surface area contributed by atoms with E-state index in [1.165, 1.54) is 0 Å². The predicted octanol–water partition coefficient (Wildman–Crippen LogP) is 0.816. The Morgan fingerprint density at radius 1 is 1.18 bits per heavy atom. The molecule has 0 amide bonds. The van der Waals surface area contributed by atoms with Crippen LogP contribution in [0.1, 0.15) is 6.42 Å². The molecule has 0 unspecified atom stereocenters. The first-order valence-electron chi connectivity index (χ1n) is 3.69. The molecule has 0 heterocycles. The first-order valence-corrected chi connectivity index (χ1v) is 3.69. The van der Waals surface area contributed by atoms with Gasteiger partial charge in [0.25, 0.3) is 0 Å². The molecule has 1 aromatic carbocycles. The van der Waals surface area contributed by atoms with E-state index < -0.39 is 0 Å². The molecule has 0 aliphatic heterocycles. The highest BCUT2D eigenvalue weighted by Crippen LogP contribution is 2.07. The van der Waals surface area contributed by atoms with Crippen molar-refractivity contribution in [3.8, 4) is 5.75 Å². The van der Waals surface area contributed by atoms with Crippen LogP contribution in [0.25, 0.3) is 0 Å². The molecule has 60 valence electrons. The van der Waals surface area contributed by atoms with Crippen LogP contribution in [0.3, 0.4) is 0 Å². The molecule has 0 saturated heterocycles. The van der Waals surface area contributed by atoms with Crippen LogP contribution in [0, 0.1) is 0 Å². The van der Waals surface area contributed by atoms with E-state index >= 15 is 0 Å². The van der Waals surface area contributed by atoms with Crippen molar-refractivity contribution >= 4 is 0 Å². The Kier molecular flexibility index (Phi) is 3.48. The Morgan fingerprint density at radius 2 is 1.91 bits per heavy atom. The monoisotopic (exact) mass is 151 g/mol. The third kappa shape index (κ3) is 3.05. The molecule has 0 saturated carbocycles.